The van der Waals surface area contributed by atoms with Crippen molar-refractivity contribution in [1.29, 1.82) is 0 Å². The van der Waals surface area contributed by atoms with Crippen LogP contribution in [0.3, 0.4) is 0 Å². The highest BCUT2D eigenvalue weighted by molar-refractivity contribution is 6.39. The Hall–Kier alpha value is -4.93. The first-order chi connectivity index (χ1) is 38.3. The number of fused-ring (bicyclic) bond motifs is 17. The smallest absolute Gasteiger partial charge is 0.419 e. The number of amides is 1. The number of aliphatic hydroxyl groups is 3. The molecule has 2 saturated carbocycles. The molecule has 0 radical (unpaired) electrons. The summed E-state index contributed by atoms with van der Waals surface area (Å²) in [6.45, 7) is 32.1. The number of allylic oxidation sites excluding steroid dienone is 1. The van der Waals surface area contributed by atoms with Crippen molar-refractivity contribution in [2.45, 2.75) is 218 Å². The first kappa shape index (κ1) is 66.9. The van der Waals surface area contributed by atoms with Gasteiger partial charge in [0.2, 0.25) is 5.79 Å². The number of carbonyl (C=O) groups is 7. The number of esters is 3. The minimum atomic E-state index is -2.63. The number of hydrogen-bond acceptors (Lipinski definition) is 17. The fourth-order valence-corrected chi connectivity index (χ4v) is 13.8. The molecule has 2 aliphatic carbocycles. The highest BCUT2D eigenvalue weighted by Gasteiger charge is 2.84. The second-order valence-electron chi connectivity index (χ2n) is 23.8. The van der Waals surface area contributed by atoms with Gasteiger partial charge in [0.1, 0.15) is 30.1 Å². The number of aliphatic hydroxyl groups excluding tert-OH is 2. The number of nitrogens with zero attached hydrogens (tertiary/aromatic N) is 3. The van der Waals surface area contributed by atoms with Gasteiger partial charge in [-0.05, 0) is 134 Å². The van der Waals surface area contributed by atoms with E-state index in [1.54, 1.807) is 61.5 Å². The van der Waals surface area contributed by atoms with Crippen molar-refractivity contribution < 1.29 is 82.0 Å². The van der Waals surface area contributed by atoms with E-state index < -0.39 is 142 Å². The van der Waals surface area contributed by atoms with Gasteiger partial charge in [-0.2, -0.15) is 0 Å². The van der Waals surface area contributed by atoms with Gasteiger partial charge >= 0.3 is 29.0 Å². The fourth-order valence-electron chi connectivity index (χ4n) is 13.8. The number of Topliss-reactive ketones (excluding diaryl/α,β-unsaturated/α-hetero) is 3. The van der Waals surface area contributed by atoms with Gasteiger partial charge in [-0.1, -0.05) is 46.8 Å². The molecule has 4 bridgehead atoms. The van der Waals surface area contributed by atoms with Gasteiger partial charge in [0, 0.05) is 58.5 Å². The third kappa shape index (κ3) is 14.0. The topological polar surface area (TPSA) is 257 Å². The molecule has 6 rings (SSSR count). The van der Waals surface area contributed by atoms with Crippen LogP contribution in [-0.2, 0) is 66.7 Å². The average molecular weight is 1140 g/mol. The van der Waals surface area contributed by atoms with Gasteiger partial charge in [0.15, 0.2) is 5.78 Å². The van der Waals surface area contributed by atoms with E-state index in [0.29, 0.717) is 50.5 Å². The number of ether oxygens (including phenoxy) is 7. The minimum Gasteiger partial charge on any atom is -0.460 e. The lowest BCUT2D eigenvalue weighted by molar-refractivity contribution is -0.265. The van der Waals surface area contributed by atoms with Crippen LogP contribution in [-0.4, -0.2) is 168 Å². The number of rotatable bonds is 10. The van der Waals surface area contributed by atoms with Gasteiger partial charge in [-0.3, -0.25) is 28.9 Å². The largest absolute Gasteiger partial charge is 0.460 e. The van der Waals surface area contributed by atoms with Gasteiger partial charge in [-0.25, -0.2) is 27.5 Å². The zero-order valence-corrected chi connectivity index (χ0v) is 49.8. The molecule has 4 heterocycles. The Morgan fingerprint density at radius 3 is 2.06 bits per heavy atom. The van der Waals surface area contributed by atoms with Crippen molar-refractivity contribution in [2.75, 3.05) is 41.1 Å². The molecule has 4 fully saturated rings. The van der Waals surface area contributed by atoms with E-state index in [9.17, 15) is 48.9 Å². The molecule has 3 N–H and O–H groups in total. The van der Waals surface area contributed by atoms with Crippen LogP contribution in [0.2, 0.25) is 0 Å². The molecule has 4 aliphatic heterocycles. The normalized spacial score (nSPS) is 38.8. The molecule has 6 aliphatic rings. The van der Waals surface area contributed by atoms with Gasteiger partial charge in [0.25, 0.3) is 11.7 Å². The number of carbonyl (C=O) groups excluding carboxylic acids is 7. The molecule has 0 aromatic carbocycles. The van der Waals surface area contributed by atoms with Gasteiger partial charge in [0.05, 0.1) is 49.5 Å². The molecule has 0 spiro atoms. The van der Waals surface area contributed by atoms with Crippen molar-refractivity contribution in [3.8, 4) is 0 Å². The Labute approximate surface area is 479 Å². The number of methoxy groups -OCH3 is 3. The Bertz CT molecular complexity index is 2410. The summed E-state index contributed by atoms with van der Waals surface area (Å²) in [5.74, 6) is -14.8. The first-order valence-electron chi connectivity index (χ1n) is 29.3. The summed E-state index contributed by atoms with van der Waals surface area (Å²) in [6.07, 6.45) is 0.232. The molecule has 2 saturated heterocycles. The summed E-state index contributed by atoms with van der Waals surface area (Å²) in [7, 11) is 4.24. The molecule has 19 unspecified atom stereocenters. The lowest BCUT2D eigenvalue weighted by Crippen LogP contribution is -2.70. The second kappa shape index (κ2) is 29.1. The zero-order chi connectivity index (χ0) is 60.3. The molecule has 452 valence electrons. The summed E-state index contributed by atoms with van der Waals surface area (Å²) < 4.78 is 41.1. The maximum absolute atomic E-state index is 14.7. The van der Waals surface area contributed by atoms with Crippen molar-refractivity contribution in [2.24, 2.45) is 47.3 Å². The number of hydrogen-bond donors (Lipinski definition) is 3. The lowest BCUT2D eigenvalue weighted by Gasteiger charge is -2.44. The van der Waals surface area contributed by atoms with Crippen LogP contribution >= 0.6 is 0 Å². The Kier molecular flexibility index (Phi) is 24.0. The molecular weight excluding hydrogens is 1050 g/mol. The Morgan fingerprint density at radius 1 is 0.802 bits per heavy atom. The summed E-state index contributed by atoms with van der Waals surface area (Å²) in [5.41, 5.74) is -4.31. The Morgan fingerprint density at radius 2 is 1.46 bits per heavy atom. The van der Waals surface area contributed by atoms with Gasteiger partial charge in [-0.15, -0.1) is 0 Å². The van der Waals surface area contributed by atoms with E-state index in [2.05, 4.69) is 9.69 Å². The van der Waals surface area contributed by atoms with E-state index in [-0.39, 0.29) is 82.0 Å². The maximum atomic E-state index is 14.7. The quantitative estimate of drug-likeness (QED) is 0.0690. The van der Waals surface area contributed by atoms with Crippen LogP contribution < -0.4 is 0 Å². The van der Waals surface area contributed by atoms with Crippen LogP contribution in [0.15, 0.2) is 23.3 Å². The summed E-state index contributed by atoms with van der Waals surface area (Å²) in [5, 5.41) is 34.7. The Balaban J connectivity index is 1.64. The number of ketones is 3. The molecule has 0 aromatic heterocycles. The van der Waals surface area contributed by atoms with Crippen LogP contribution in [0.4, 0.5) is 0 Å². The van der Waals surface area contributed by atoms with Crippen LogP contribution in [0.25, 0.3) is 9.69 Å². The summed E-state index contributed by atoms with van der Waals surface area (Å²) >= 11 is 0. The van der Waals surface area contributed by atoms with Crippen molar-refractivity contribution >= 4 is 41.2 Å². The number of piperidine rings is 1. The van der Waals surface area contributed by atoms with Crippen LogP contribution in [0, 0.1) is 60.5 Å². The monoisotopic (exact) mass is 1140 g/mol. The third-order valence-corrected chi connectivity index (χ3v) is 18.6. The van der Waals surface area contributed by atoms with E-state index in [1.165, 1.54) is 27.4 Å². The fraction of sp³-hybridized carbons (Fsp3) is 0.787. The van der Waals surface area contributed by atoms with Crippen molar-refractivity contribution in [3.05, 3.63) is 46.1 Å². The standard InChI is InChI=1S/C61H91N3O17/c1-15-78-57(72)59(62-10)42-22-24-44(60(59,63-11)58(73)79-16-2)34(3)27-38(7)51(67)53(77-14)52(68)39(8)28-35(4)47(66)33-49(36(5)29-41-21-25-46(65)50(31-41)76-13)80-56(71)45-19-17-18-26-64(45)55(70)54(69)61(74)40(9)20-23-43(81-61)32-48(75-12)37(6)30-42/h28,30,34-36,38,40-46,48-50,52-53,65,68,74H,15-27,29,31-33H2,1-9,12-14H3. The predicted molar refractivity (Wildman–Crippen MR) is 295 cm³/mol. The average Bonchev–Trinajstić information content (AvgIpc) is 3.64. The van der Waals surface area contributed by atoms with Gasteiger partial charge < -0.3 is 53.4 Å². The first-order valence-corrected chi connectivity index (χ1v) is 29.3. The third-order valence-electron chi connectivity index (χ3n) is 18.6. The zero-order valence-electron chi connectivity index (χ0n) is 49.8. The molecule has 20 heteroatoms. The molecular formula is C61H91N3O17. The van der Waals surface area contributed by atoms with E-state index in [0.717, 1.165) is 4.90 Å². The minimum absolute atomic E-state index is 0.00716. The second-order valence-corrected chi connectivity index (χ2v) is 23.8. The van der Waals surface area contributed by atoms with Crippen LogP contribution in [0.5, 0.6) is 0 Å². The van der Waals surface area contributed by atoms with E-state index >= 15 is 0 Å². The SMILES string of the molecule is [C-]#[N+]C1(C(=O)OCC)C2C=C(C)C(OC)CC3CCC(C)C(O)(O3)C(=O)C(=O)N3CCCCC3C(=O)OC(C(C)CC3CCC(O)C(OC)C3)CC(=O)C(C)C=C(C)C(O)C(OC)C(=O)C(C)CC(C)C(CC2)C1([N+]#[C-])C(=O)OCC. The predicted octanol–water partition coefficient (Wildman–Crippen LogP) is 6.54. The van der Waals surface area contributed by atoms with Crippen molar-refractivity contribution in [1.82, 2.24) is 4.90 Å². The molecule has 0 aromatic rings. The maximum Gasteiger partial charge on any atom is 0.419 e. The van der Waals surface area contributed by atoms with E-state index in [4.69, 9.17) is 46.3 Å². The van der Waals surface area contributed by atoms with Crippen molar-refractivity contribution in [3.63, 3.8) is 0 Å². The summed E-state index contributed by atoms with van der Waals surface area (Å²) in [6, 6.07) is -1.25. The molecule has 19 atom stereocenters. The van der Waals surface area contributed by atoms with Crippen LogP contribution in [0.1, 0.15) is 152 Å². The molecule has 20 nitrogen and oxygen atoms in total. The lowest BCUT2D eigenvalue weighted by atomic mass is 9.53. The van der Waals surface area contributed by atoms with E-state index in [1.807, 2.05) is 6.92 Å². The molecule has 81 heavy (non-hydrogen) atoms. The highest BCUT2D eigenvalue weighted by atomic mass is 16.6. The summed E-state index contributed by atoms with van der Waals surface area (Å²) in [4.78, 5) is 111. The highest BCUT2D eigenvalue weighted by Crippen LogP contribution is 2.56. The molecule has 1 amide bonds.